The molecule has 0 saturated carbocycles. The minimum atomic E-state index is -0.00717. The second kappa shape index (κ2) is 7.18. The summed E-state index contributed by atoms with van der Waals surface area (Å²) in [4.78, 5) is 11.1. The zero-order valence-electron chi connectivity index (χ0n) is 14.6. The highest BCUT2D eigenvalue weighted by atomic mass is 16.3. The molecule has 0 unspecified atom stereocenters. The predicted molar refractivity (Wildman–Crippen MR) is 97.2 cm³/mol. The fraction of sp³-hybridized carbons (Fsp3) is 0.474. The molecule has 2 N–H and O–H groups in total. The van der Waals surface area contributed by atoms with E-state index in [1.54, 1.807) is 6.33 Å². The summed E-state index contributed by atoms with van der Waals surface area (Å²) in [7, 11) is 0. The molecule has 2 heterocycles. The Morgan fingerprint density at radius 1 is 1.25 bits per heavy atom. The molecule has 1 aromatic carbocycles. The van der Waals surface area contributed by atoms with Gasteiger partial charge in [-0.1, -0.05) is 38.1 Å². The van der Waals surface area contributed by atoms with E-state index in [0.29, 0.717) is 12.0 Å². The lowest BCUT2D eigenvalue weighted by atomic mass is 9.95. The van der Waals surface area contributed by atoms with E-state index in [-0.39, 0.29) is 12.6 Å². The second-order valence-electron chi connectivity index (χ2n) is 6.89. The van der Waals surface area contributed by atoms with Gasteiger partial charge in [-0.3, -0.25) is 0 Å². The number of fused-ring (bicyclic) bond motifs is 1. The van der Waals surface area contributed by atoms with Crippen molar-refractivity contribution >= 4 is 11.6 Å². The Morgan fingerprint density at radius 3 is 2.71 bits per heavy atom. The van der Waals surface area contributed by atoms with Gasteiger partial charge in [-0.25, -0.2) is 9.97 Å². The molecule has 0 spiro atoms. The number of rotatable bonds is 5. The third-order valence-corrected chi connectivity index (χ3v) is 4.79. The summed E-state index contributed by atoms with van der Waals surface area (Å²) in [6.07, 6.45) is 2.62. The molecule has 0 amide bonds. The van der Waals surface area contributed by atoms with Crippen molar-refractivity contribution in [1.82, 2.24) is 9.97 Å². The molecular weight excluding hydrogens is 300 g/mol. The molecule has 3 rings (SSSR count). The number of aliphatic hydroxyl groups excluding tert-OH is 1. The Balaban J connectivity index is 1.81. The molecule has 1 aromatic heterocycles. The lowest BCUT2D eigenvalue weighted by molar-refractivity contribution is 0.249. The highest BCUT2D eigenvalue weighted by Crippen LogP contribution is 2.28. The molecule has 0 bridgehead atoms. The van der Waals surface area contributed by atoms with Crippen LogP contribution in [0, 0.1) is 5.92 Å². The van der Waals surface area contributed by atoms with Crippen LogP contribution >= 0.6 is 0 Å². The second-order valence-corrected chi connectivity index (χ2v) is 6.89. The van der Waals surface area contributed by atoms with Gasteiger partial charge in [0, 0.05) is 18.7 Å². The van der Waals surface area contributed by atoms with Crippen molar-refractivity contribution in [3.8, 4) is 0 Å². The van der Waals surface area contributed by atoms with Gasteiger partial charge in [-0.2, -0.15) is 0 Å². The average Bonchev–Trinajstić information content (AvgIpc) is 2.59. The molecule has 2 atom stereocenters. The number of anilines is 2. The smallest absolute Gasteiger partial charge is 0.134 e. The Kier molecular flexibility index (Phi) is 5.00. The Hall–Kier alpha value is -2.14. The molecule has 1 aliphatic heterocycles. The van der Waals surface area contributed by atoms with Crippen molar-refractivity contribution in [2.75, 3.05) is 16.8 Å². The van der Waals surface area contributed by atoms with Gasteiger partial charge >= 0.3 is 0 Å². The number of hydrogen-bond acceptors (Lipinski definition) is 5. The summed E-state index contributed by atoms with van der Waals surface area (Å²) < 4.78 is 0. The normalized spacial score (nSPS) is 18.4. The first-order valence-corrected chi connectivity index (χ1v) is 8.61. The van der Waals surface area contributed by atoms with Gasteiger partial charge in [0.1, 0.15) is 18.0 Å². The van der Waals surface area contributed by atoms with E-state index >= 15 is 0 Å². The molecule has 0 aliphatic carbocycles. The van der Waals surface area contributed by atoms with Crippen LogP contribution in [0.1, 0.15) is 31.9 Å². The monoisotopic (exact) mass is 326 g/mol. The molecule has 128 valence electrons. The van der Waals surface area contributed by atoms with Crippen molar-refractivity contribution in [2.24, 2.45) is 5.92 Å². The highest BCUT2D eigenvalue weighted by molar-refractivity contribution is 5.52. The van der Waals surface area contributed by atoms with E-state index in [4.69, 9.17) is 0 Å². The van der Waals surface area contributed by atoms with E-state index in [2.05, 4.69) is 65.2 Å². The maximum absolute atomic E-state index is 9.51. The summed E-state index contributed by atoms with van der Waals surface area (Å²) in [5.74, 6) is 2.02. The van der Waals surface area contributed by atoms with Crippen LogP contribution in [0.3, 0.4) is 0 Å². The largest absolute Gasteiger partial charge is 0.394 e. The van der Waals surface area contributed by atoms with E-state index in [9.17, 15) is 5.11 Å². The van der Waals surface area contributed by atoms with Crippen LogP contribution in [-0.2, 0) is 13.0 Å². The van der Waals surface area contributed by atoms with Gasteiger partial charge in [0.15, 0.2) is 0 Å². The van der Waals surface area contributed by atoms with Gasteiger partial charge in [-0.15, -0.1) is 0 Å². The highest BCUT2D eigenvalue weighted by Gasteiger charge is 2.24. The summed E-state index contributed by atoms with van der Waals surface area (Å²) in [5.41, 5.74) is 2.79. The van der Waals surface area contributed by atoms with Crippen molar-refractivity contribution in [3.05, 3.63) is 47.8 Å². The molecule has 24 heavy (non-hydrogen) atoms. The van der Waals surface area contributed by atoms with Gasteiger partial charge in [0.2, 0.25) is 0 Å². The van der Waals surface area contributed by atoms with Crippen LogP contribution < -0.4 is 10.2 Å². The molecule has 1 aliphatic rings. The minimum Gasteiger partial charge on any atom is -0.394 e. The molecule has 2 aromatic rings. The van der Waals surface area contributed by atoms with Crippen LogP contribution in [0.25, 0.3) is 0 Å². The zero-order chi connectivity index (χ0) is 17.1. The topological polar surface area (TPSA) is 61.3 Å². The average molecular weight is 326 g/mol. The summed E-state index contributed by atoms with van der Waals surface area (Å²) in [6, 6.07) is 11.0. The van der Waals surface area contributed by atoms with Crippen molar-refractivity contribution in [1.29, 1.82) is 0 Å². The lowest BCUT2D eigenvalue weighted by Gasteiger charge is -2.36. The summed E-state index contributed by atoms with van der Waals surface area (Å²) >= 11 is 0. The molecule has 5 heteroatoms. The number of nitrogens with one attached hydrogen (secondary N) is 1. The number of benzene rings is 1. The molecule has 5 nitrogen and oxygen atoms in total. The van der Waals surface area contributed by atoms with Crippen molar-refractivity contribution < 1.29 is 5.11 Å². The van der Waals surface area contributed by atoms with E-state index in [1.807, 2.05) is 6.07 Å². The van der Waals surface area contributed by atoms with Crippen molar-refractivity contribution in [3.63, 3.8) is 0 Å². The molecule has 0 saturated heterocycles. The number of aromatic nitrogens is 2. The third kappa shape index (κ3) is 3.51. The fourth-order valence-electron chi connectivity index (χ4n) is 3.18. The van der Waals surface area contributed by atoms with E-state index in [0.717, 1.165) is 24.6 Å². The molecule has 0 radical (unpaired) electrons. The minimum absolute atomic E-state index is 0.00717. The number of nitrogens with zero attached hydrogens (tertiary/aromatic N) is 3. The maximum Gasteiger partial charge on any atom is 0.134 e. The fourth-order valence-corrected chi connectivity index (χ4v) is 3.18. The van der Waals surface area contributed by atoms with Gasteiger partial charge in [0.05, 0.1) is 12.6 Å². The SMILES string of the molecule is CC(C)[C@H](CO)Nc1cc(N2Cc3ccccc3C[C@H]2C)ncn1. The van der Waals surface area contributed by atoms with Gasteiger partial charge in [0.25, 0.3) is 0 Å². The quantitative estimate of drug-likeness (QED) is 0.885. The first-order chi connectivity index (χ1) is 11.6. The van der Waals surface area contributed by atoms with Crippen LogP contribution in [0.15, 0.2) is 36.7 Å². The summed E-state index contributed by atoms with van der Waals surface area (Å²) in [6.45, 7) is 7.35. The van der Waals surface area contributed by atoms with Gasteiger partial charge < -0.3 is 15.3 Å². The molecular formula is C19H26N4O. The zero-order valence-corrected chi connectivity index (χ0v) is 14.6. The Labute approximate surface area is 143 Å². The van der Waals surface area contributed by atoms with E-state index in [1.165, 1.54) is 11.1 Å². The summed E-state index contributed by atoms with van der Waals surface area (Å²) in [5, 5.41) is 12.8. The van der Waals surface area contributed by atoms with Crippen LogP contribution in [0.2, 0.25) is 0 Å². The standard InChI is InChI=1S/C19H26N4O/c1-13(2)17(11-24)22-18-9-19(21-12-20-18)23-10-16-7-5-4-6-15(16)8-14(23)3/h4-7,9,12-14,17,24H,8,10-11H2,1-3H3,(H,20,21,22)/t14-,17+/m1/s1. The first kappa shape index (κ1) is 16.7. The van der Waals surface area contributed by atoms with E-state index < -0.39 is 0 Å². The molecule has 0 fully saturated rings. The predicted octanol–water partition coefficient (Wildman–Crippen LogP) is 2.86. The van der Waals surface area contributed by atoms with Gasteiger partial charge in [-0.05, 0) is 30.4 Å². The third-order valence-electron chi connectivity index (χ3n) is 4.79. The van der Waals surface area contributed by atoms with Crippen LogP contribution in [0.4, 0.5) is 11.6 Å². The Morgan fingerprint density at radius 2 is 2.00 bits per heavy atom. The Bertz CT molecular complexity index is 689. The van der Waals surface area contributed by atoms with Crippen molar-refractivity contribution in [2.45, 2.75) is 45.8 Å². The van der Waals surface area contributed by atoms with Crippen LogP contribution in [0.5, 0.6) is 0 Å². The number of hydrogen-bond donors (Lipinski definition) is 2. The number of aliphatic hydroxyl groups is 1. The maximum atomic E-state index is 9.51. The van der Waals surface area contributed by atoms with Crippen LogP contribution in [-0.4, -0.2) is 33.8 Å². The first-order valence-electron chi connectivity index (χ1n) is 8.61. The lowest BCUT2D eigenvalue weighted by Crippen LogP contribution is -2.39.